The molecule has 0 saturated carbocycles. The zero-order chi connectivity index (χ0) is 9.14. The summed E-state index contributed by atoms with van der Waals surface area (Å²) in [6.45, 7) is 0. The Kier molecular flexibility index (Phi) is 3.36. The summed E-state index contributed by atoms with van der Waals surface area (Å²) in [6.07, 6.45) is 1.51. The summed E-state index contributed by atoms with van der Waals surface area (Å²) < 4.78 is 17.5. The Hall–Kier alpha value is -0.270. The van der Waals surface area contributed by atoms with Crippen molar-refractivity contribution >= 4 is 34.2 Å². The van der Waals surface area contributed by atoms with Gasteiger partial charge in [-0.1, -0.05) is 15.9 Å². The number of hydrazine groups is 1. The lowest BCUT2D eigenvalue weighted by Crippen LogP contribution is -2.30. The highest BCUT2D eigenvalue weighted by atomic mass is 79.9. The first-order chi connectivity index (χ1) is 5.69. The lowest BCUT2D eigenvalue weighted by Gasteiger charge is -2.13. The van der Waals surface area contributed by atoms with Gasteiger partial charge in [0.05, 0.1) is 7.11 Å². The van der Waals surface area contributed by atoms with Gasteiger partial charge in [0, 0.05) is 0 Å². The van der Waals surface area contributed by atoms with Crippen LogP contribution in [0.5, 0.6) is 0 Å². The molecule has 12 heavy (non-hydrogen) atoms. The quantitative estimate of drug-likeness (QED) is 0.347. The number of nitrogens with one attached hydrogen (secondary N) is 1. The van der Waals surface area contributed by atoms with Crippen LogP contribution in [0.25, 0.3) is 0 Å². The van der Waals surface area contributed by atoms with Crippen LogP contribution >= 0.6 is 28.3 Å². The fraction of sp³-hybridized carbons (Fsp3) is 0.400. The van der Waals surface area contributed by atoms with Crippen molar-refractivity contribution in [3.8, 4) is 0 Å². The summed E-state index contributed by atoms with van der Waals surface area (Å²) in [5, 5.41) is 0. The molecule has 1 atom stereocenters. The third-order valence-electron chi connectivity index (χ3n) is 1.23. The van der Waals surface area contributed by atoms with Crippen LogP contribution < -0.4 is 5.43 Å². The van der Waals surface area contributed by atoms with Gasteiger partial charge >= 0.3 is 5.97 Å². The first kappa shape index (κ1) is 9.82. The minimum atomic E-state index is -0.574. The molecule has 1 aliphatic heterocycles. The number of carbonyl (C=O) groups excluding carboxylic acids is 1. The Morgan fingerprint density at radius 2 is 2.67 bits per heavy atom. The molecule has 0 fully saturated rings. The smallest absolute Gasteiger partial charge is 0.356 e. The van der Waals surface area contributed by atoms with E-state index >= 15 is 0 Å². The maximum atomic E-state index is 12.1. The highest BCUT2D eigenvalue weighted by Gasteiger charge is 2.27. The van der Waals surface area contributed by atoms with Crippen molar-refractivity contribution in [1.82, 2.24) is 9.84 Å². The predicted octanol–water partition coefficient (Wildman–Crippen LogP) is 1.12. The average molecular weight is 257 g/mol. The first-order valence-electron chi connectivity index (χ1n) is 2.98. The minimum Gasteiger partial charge on any atom is -0.464 e. The molecule has 0 aromatic rings. The van der Waals surface area contributed by atoms with Crippen LogP contribution in [0.4, 0.5) is 3.89 Å². The molecule has 0 radical (unpaired) electrons. The number of alkyl halides is 1. The van der Waals surface area contributed by atoms with Gasteiger partial charge in [0.15, 0.2) is 18.0 Å². The molecule has 4 nitrogen and oxygen atoms in total. The van der Waals surface area contributed by atoms with E-state index in [-0.39, 0.29) is 23.0 Å². The second kappa shape index (κ2) is 4.11. The molecule has 7 heteroatoms. The number of rotatable bonds is 2. The van der Waals surface area contributed by atoms with Crippen molar-refractivity contribution < 1.29 is 13.4 Å². The summed E-state index contributed by atoms with van der Waals surface area (Å²) in [6, 6.07) is 0. The number of hydrogen-bond acceptors (Lipinski definition) is 5. The summed E-state index contributed by atoms with van der Waals surface area (Å²) in [5.74, 6) is -0.574. The SMILES string of the molecule is COC(=O)C1=CC(Br)NN1SF. The average Bonchev–Trinajstić information content (AvgIpc) is 2.45. The summed E-state index contributed by atoms with van der Waals surface area (Å²) in [7, 11) is 1.24. The Morgan fingerprint density at radius 3 is 3.17 bits per heavy atom. The Bertz CT molecular complexity index is 225. The summed E-state index contributed by atoms with van der Waals surface area (Å²) in [5.41, 5.74) is 2.76. The molecule has 1 unspecified atom stereocenters. The van der Waals surface area contributed by atoms with E-state index in [0.717, 1.165) is 4.41 Å². The topological polar surface area (TPSA) is 41.6 Å². The molecule has 0 spiro atoms. The standard InChI is InChI=1S/C5H6BrFN2O2S/c1-11-5(10)3-2-4(6)8-9(3)12-7/h2,4,8H,1H3. The Labute approximate surface area is 81.6 Å². The normalized spacial score (nSPS) is 22.4. The lowest BCUT2D eigenvalue weighted by molar-refractivity contribution is -0.137. The number of esters is 1. The van der Waals surface area contributed by atoms with Gasteiger partial charge < -0.3 is 4.74 Å². The van der Waals surface area contributed by atoms with Gasteiger partial charge in [-0.15, -0.1) is 3.89 Å². The molecule has 0 saturated heterocycles. The fourth-order valence-electron chi connectivity index (χ4n) is 0.738. The van der Waals surface area contributed by atoms with E-state index in [4.69, 9.17) is 0 Å². The Balaban J connectivity index is 2.72. The molecule has 0 bridgehead atoms. The Morgan fingerprint density at radius 1 is 2.00 bits per heavy atom. The maximum absolute atomic E-state index is 12.1. The van der Waals surface area contributed by atoms with Crippen molar-refractivity contribution in [2.75, 3.05) is 7.11 Å². The van der Waals surface area contributed by atoms with Gasteiger partial charge in [-0.05, 0) is 6.08 Å². The van der Waals surface area contributed by atoms with Crippen molar-refractivity contribution in [3.05, 3.63) is 11.8 Å². The van der Waals surface area contributed by atoms with Gasteiger partial charge in [0.2, 0.25) is 0 Å². The number of nitrogens with zero attached hydrogens (tertiary/aromatic N) is 1. The molecule has 0 aromatic heterocycles. The number of hydrogen-bond donors (Lipinski definition) is 1. The van der Waals surface area contributed by atoms with Gasteiger partial charge in [-0.2, -0.15) is 0 Å². The van der Waals surface area contributed by atoms with E-state index in [0.29, 0.717) is 0 Å². The largest absolute Gasteiger partial charge is 0.464 e. The molecule has 1 rings (SSSR count). The monoisotopic (exact) mass is 256 g/mol. The molecule has 1 heterocycles. The lowest BCUT2D eigenvalue weighted by atomic mass is 10.4. The van der Waals surface area contributed by atoms with E-state index < -0.39 is 5.97 Å². The predicted molar refractivity (Wildman–Crippen MR) is 46.5 cm³/mol. The number of ether oxygens (including phenoxy) is 1. The number of methoxy groups -OCH3 is 1. The van der Waals surface area contributed by atoms with Crippen LogP contribution in [0.1, 0.15) is 0 Å². The zero-order valence-corrected chi connectivity index (χ0v) is 8.49. The minimum absolute atomic E-state index is 0.0889. The second-order valence-corrected chi connectivity index (χ2v) is 3.43. The van der Waals surface area contributed by atoms with Crippen LogP contribution in [-0.4, -0.2) is 22.4 Å². The van der Waals surface area contributed by atoms with Crippen LogP contribution in [0.2, 0.25) is 0 Å². The fourth-order valence-corrected chi connectivity index (χ4v) is 1.69. The van der Waals surface area contributed by atoms with Gasteiger partial charge in [-0.25, -0.2) is 14.6 Å². The zero-order valence-electron chi connectivity index (χ0n) is 6.08. The first-order valence-corrected chi connectivity index (χ1v) is 4.57. The summed E-state index contributed by atoms with van der Waals surface area (Å²) in [4.78, 5) is 10.7. The highest BCUT2D eigenvalue weighted by Crippen LogP contribution is 2.24. The van der Waals surface area contributed by atoms with Crippen molar-refractivity contribution in [1.29, 1.82) is 0 Å². The third kappa shape index (κ3) is 1.90. The van der Waals surface area contributed by atoms with Gasteiger partial charge in [0.1, 0.15) is 4.95 Å². The van der Waals surface area contributed by atoms with Gasteiger partial charge in [-0.3, -0.25) is 0 Å². The highest BCUT2D eigenvalue weighted by molar-refractivity contribution is 9.09. The van der Waals surface area contributed by atoms with E-state index in [2.05, 4.69) is 26.1 Å². The third-order valence-corrected chi connectivity index (χ3v) is 2.14. The van der Waals surface area contributed by atoms with Gasteiger partial charge in [0.25, 0.3) is 0 Å². The van der Waals surface area contributed by atoms with E-state index in [1.54, 1.807) is 0 Å². The van der Waals surface area contributed by atoms with Crippen LogP contribution in [0.15, 0.2) is 11.8 Å². The van der Waals surface area contributed by atoms with Crippen LogP contribution in [-0.2, 0) is 9.53 Å². The van der Waals surface area contributed by atoms with Crippen LogP contribution in [0.3, 0.4) is 0 Å². The molecule has 68 valence electrons. The number of halogens is 2. The molecule has 0 amide bonds. The van der Waals surface area contributed by atoms with Crippen molar-refractivity contribution in [2.45, 2.75) is 4.95 Å². The van der Waals surface area contributed by atoms with E-state index in [9.17, 15) is 8.68 Å². The molecule has 0 aromatic carbocycles. The summed E-state index contributed by atoms with van der Waals surface area (Å²) >= 11 is 3.05. The molecule has 1 aliphatic rings. The second-order valence-electron chi connectivity index (χ2n) is 1.94. The van der Waals surface area contributed by atoms with E-state index in [1.807, 2.05) is 0 Å². The number of carbonyl (C=O) groups is 1. The molecule has 0 aliphatic carbocycles. The molecular formula is C5H6BrFN2O2S. The van der Waals surface area contributed by atoms with Crippen molar-refractivity contribution in [3.63, 3.8) is 0 Å². The van der Waals surface area contributed by atoms with Crippen molar-refractivity contribution in [2.24, 2.45) is 0 Å². The molecule has 1 N–H and O–H groups in total. The maximum Gasteiger partial charge on any atom is 0.356 e. The molecular weight excluding hydrogens is 251 g/mol. The van der Waals surface area contributed by atoms with Crippen LogP contribution in [0, 0.1) is 0 Å². The van der Waals surface area contributed by atoms with E-state index in [1.165, 1.54) is 13.2 Å².